The van der Waals surface area contributed by atoms with E-state index in [1.165, 1.54) is 56.3 Å². The largest absolute Gasteiger partial charge is 0.246 e. The van der Waals surface area contributed by atoms with Gasteiger partial charge in [0.25, 0.3) is 0 Å². The van der Waals surface area contributed by atoms with Crippen molar-refractivity contribution in [1.82, 2.24) is 15.0 Å². The van der Waals surface area contributed by atoms with Gasteiger partial charge in [0.2, 0.25) is 0 Å². The minimum atomic E-state index is 0.490. The highest BCUT2D eigenvalue weighted by molar-refractivity contribution is 5.16. The third-order valence-electron chi connectivity index (χ3n) is 6.57. The van der Waals surface area contributed by atoms with Gasteiger partial charge in [-0.3, -0.25) is 0 Å². The molecule has 0 aromatic carbocycles. The maximum absolute atomic E-state index is 4.54. The van der Waals surface area contributed by atoms with Gasteiger partial charge in [0.15, 0.2) is 0 Å². The molecule has 0 spiro atoms. The lowest BCUT2D eigenvalue weighted by Gasteiger charge is -2.15. The van der Waals surface area contributed by atoms with E-state index in [1.807, 2.05) is 0 Å². The van der Waals surface area contributed by atoms with Crippen molar-refractivity contribution in [3.05, 3.63) is 11.4 Å². The molecule has 3 nitrogen and oxygen atoms in total. The first-order valence-corrected chi connectivity index (χ1v) is 10.1. The van der Waals surface area contributed by atoms with Crippen LogP contribution in [0.25, 0.3) is 0 Å². The van der Waals surface area contributed by atoms with E-state index in [4.69, 9.17) is 0 Å². The summed E-state index contributed by atoms with van der Waals surface area (Å²) >= 11 is 0. The molecule has 1 fully saturated rings. The third-order valence-corrected chi connectivity index (χ3v) is 6.57. The normalized spacial score (nSPS) is 28.0. The van der Waals surface area contributed by atoms with Gasteiger partial charge in [-0.25, -0.2) is 4.68 Å². The summed E-state index contributed by atoms with van der Waals surface area (Å²) in [6.07, 6.45) is 11.8. The zero-order valence-corrected chi connectivity index (χ0v) is 15.6. The maximum Gasteiger partial charge on any atom is 0.0859 e. The number of aryl methyl sites for hydroxylation is 1. The zero-order chi connectivity index (χ0) is 16.4. The summed E-state index contributed by atoms with van der Waals surface area (Å²) in [5.74, 6) is 3.98. The minimum Gasteiger partial charge on any atom is -0.246 e. The molecular formula is C20H35N3. The molecule has 4 unspecified atom stereocenters. The molecule has 0 amide bonds. The minimum absolute atomic E-state index is 0.490. The SMILES string of the molecule is CCCC(CCC)C1C2CCc3nnn(C(C)CC)c3CCC21. The second-order valence-electron chi connectivity index (χ2n) is 8.00. The van der Waals surface area contributed by atoms with Gasteiger partial charge in [-0.15, -0.1) is 5.10 Å². The highest BCUT2D eigenvalue weighted by Gasteiger charge is 2.52. The van der Waals surface area contributed by atoms with Crippen molar-refractivity contribution in [1.29, 1.82) is 0 Å². The topological polar surface area (TPSA) is 30.7 Å². The number of hydrogen-bond donors (Lipinski definition) is 0. The molecule has 2 aliphatic rings. The van der Waals surface area contributed by atoms with Crippen LogP contribution in [-0.2, 0) is 12.8 Å². The molecule has 3 rings (SSSR count). The van der Waals surface area contributed by atoms with Gasteiger partial charge in [-0.1, -0.05) is 51.7 Å². The van der Waals surface area contributed by atoms with Gasteiger partial charge < -0.3 is 0 Å². The van der Waals surface area contributed by atoms with Gasteiger partial charge in [0, 0.05) is 0 Å². The monoisotopic (exact) mass is 317 g/mol. The number of rotatable bonds is 7. The smallest absolute Gasteiger partial charge is 0.0859 e. The molecule has 1 aromatic rings. The van der Waals surface area contributed by atoms with E-state index in [9.17, 15) is 0 Å². The summed E-state index contributed by atoms with van der Waals surface area (Å²) < 4.78 is 2.22. The Labute approximate surface area is 142 Å². The zero-order valence-electron chi connectivity index (χ0n) is 15.6. The lowest BCUT2D eigenvalue weighted by Crippen LogP contribution is -2.12. The van der Waals surface area contributed by atoms with Crippen LogP contribution in [0.2, 0.25) is 0 Å². The van der Waals surface area contributed by atoms with E-state index in [0.717, 1.165) is 36.5 Å². The van der Waals surface area contributed by atoms with Gasteiger partial charge in [-0.05, 0) is 62.7 Å². The molecule has 0 bridgehead atoms. The molecule has 1 aromatic heterocycles. The Morgan fingerprint density at radius 3 is 2.30 bits per heavy atom. The van der Waals surface area contributed by atoms with Gasteiger partial charge >= 0.3 is 0 Å². The predicted molar refractivity (Wildman–Crippen MR) is 95.4 cm³/mol. The standard InChI is InChI=1S/C20H35N3/c1-5-8-15(9-6-2)20-16-10-12-18-19(13-11-17(16)20)23(22-21-18)14(4)7-3/h14-17,20H,5-13H2,1-4H3. The first-order chi connectivity index (χ1) is 11.2. The van der Waals surface area contributed by atoms with Gasteiger partial charge in [0.1, 0.15) is 0 Å². The van der Waals surface area contributed by atoms with Crippen LogP contribution in [0.4, 0.5) is 0 Å². The highest BCUT2D eigenvalue weighted by atomic mass is 15.4. The van der Waals surface area contributed by atoms with E-state index >= 15 is 0 Å². The lowest BCUT2D eigenvalue weighted by molar-refractivity contribution is 0.355. The number of hydrogen-bond acceptors (Lipinski definition) is 2. The second-order valence-corrected chi connectivity index (χ2v) is 8.00. The van der Waals surface area contributed by atoms with Crippen LogP contribution in [0, 0.1) is 23.7 Å². The molecular weight excluding hydrogens is 282 g/mol. The Morgan fingerprint density at radius 1 is 1.04 bits per heavy atom. The molecule has 4 atom stereocenters. The molecule has 0 radical (unpaired) electrons. The average Bonchev–Trinajstić information content (AvgIpc) is 3.06. The lowest BCUT2D eigenvalue weighted by atomic mass is 9.90. The van der Waals surface area contributed by atoms with Crippen molar-refractivity contribution in [2.75, 3.05) is 0 Å². The summed E-state index contributed by atoms with van der Waals surface area (Å²) in [5.41, 5.74) is 2.75. The van der Waals surface area contributed by atoms with E-state index in [-0.39, 0.29) is 0 Å². The van der Waals surface area contributed by atoms with E-state index in [0.29, 0.717) is 6.04 Å². The molecule has 0 saturated heterocycles. The summed E-state index contributed by atoms with van der Waals surface area (Å²) in [6.45, 7) is 9.23. The van der Waals surface area contributed by atoms with Crippen LogP contribution in [0.5, 0.6) is 0 Å². The third kappa shape index (κ3) is 3.34. The van der Waals surface area contributed by atoms with Crippen LogP contribution < -0.4 is 0 Å². The Hall–Kier alpha value is -0.860. The molecule has 130 valence electrons. The summed E-state index contributed by atoms with van der Waals surface area (Å²) in [6, 6.07) is 0.490. The molecule has 2 aliphatic carbocycles. The van der Waals surface area contributed by atoms with Crippen LogP contribution in [0.3, 0.4) is 0 Å². The van der Waals surface area contributed by atoms with Crippen molar-refractivity contribution < 1.29 is 0 Å². The van der Waals surface area contributed by atoms with Crippen LogP contribution in [0.15, 0.2) is 0 Å². The average molecular weight is 318 g/mol. The fourth-order valence-electron chi connectivity index (χ4n) is 5.19. The first-order valence-electron chi connectivity index (χ1n) is 10.1. The van der Waals surface area contributed by atoms with Crippen LogP contribution >= 0.6 is 0 Å². The summed E-state index contributed by atoms with van der Waals surface area (Å²) in [4.78, 5) is 0. The van der Waals surface area contributed by atoms with Crippen molar-refractivity contribution in [2.45, 2.75) is 91.5 Å². The highest BCUT2D eigenvalue weighted by Crippen LogP contribution is 2.58. The molecule has 23 heavy (non-hydrogen) atoms. The van der Waals surface area contributed by atoms with E-state index < -0.39 is 0 Å². The van der Waals surface area contributed by atoms with Crippen molar-refractivity contribution in [3.8, 4) is 0 Å². The van der Waals surface area contributed by atoms with Gasteiger partial charge in [0.05, 0.1) is 17.4 Å². The van der Waals surface area contributed by atoms with E-state index in [2.05, 4.69) is 42.7 Å². The summed E-state index contributed by atoms with van der Waals surface area (Å²) in [5, 5.41) is 9.01. The number of nitrogens with zero attached hydrogens (tertiary/aromatic N) is 3. The quantitative estimate of drug-likeness (QED) is 0.691. The second kappa shape index (κ2) is 7.36. The Balaban J connectivity index is 1.69. The van der Waals surface area contributed by atoms with Crippen LogP contribution in [-0.4, -0.2) is 15.0 Å². The predicted octanol–water partition coefficient (Wildman–Crippen LogP) is 5.21. The number of aromatic nitrogens is 3. The fourth-order valence-corrected chi connectivity index (χ4v) is 5.19. The van der Waals surface area contributed by atoms with Crippen molar-refractivity contribution >= 4 is 0 Å². The van der Waals surface area contributed by atoms with Crippen LogP contribution in [0.1, 0.15) is 90.1 Å². The maximum atomic E-state index is 4.54. The Morgan fingerprint density at radius 2 is 1.70 bits per heavy atom. The fraction of sp³-hybridized carbons (Fsp3) is 0.900. The molecule has 0 N–H and O–H groups in total. The number of fused-ring (bicyclic) bond motifs is 2. The summed E-state index contributed by atoms with van der Waals surface area (Å²) in [7, 11) is 0. The van der Waals surface area contributed by atoms with Gasteiger partial charge in [-0.2, -0.15) is 0 Å². The molecule has 3 heteroatoms. The van der Waals surface area contributed by atoms with Crippen molar-refractivity contribution in [2.24, 2.45) is 23.7 Å². The molecule has 0 aliphatic heterocycles. The van der Waals surface area contributed by atoms with E-state index in [1.54, 1.807) is 0 Å². The Bertz CT molecular complexity index is 501. The Kier molecular flexibility index (Phi) is 5.43. The first kappa shape index (κ1) is 17.0. The molecule has 1 saturated carbocycles. The molecule has 1 heterocycles. The van der Waals surface area contributed by atoms with Crippen molar-refractivity contribution in [3.63, 3.8) is 0 Å².